The number of hydrogen-bond donors (Lipinski definition) is 0. The average molecular weight is 281 g/mol. The lowest BCUT2D eigenvalue weighted by Crippen LogP contribution is -2.19. The Kier molecular flexibility index (Phi) is 3.58. The maximum absolute atomic E-state index is 2.40. The Bertz CT molecular complexity index is 669. The van der Waals surface area contributed by atoms with Gasteiger partial charge in [-0.1, -0.05) is 41.6 Å². The molecule has 0 radical (unpaired) electrons. The maximum atomic E-state index is 2.40. The molecular weight excluding hydrogens is 262 g/mol. The highest BCUT2D eigenvalue weighted by atomic mass is 32.2. The third kappa shape index (κ3) is 2.36. The van der Waals surface area contributed by atoms with Crippen LogP contribution in [0.3, 0.4) is 0 Å². The Morgan fingerprint density at radius 3 is 2.55 bits per heavy atom. The minimum atomic E-state index is 0.993. The summed E-state index contributed by atoms with van der Waals surface area (Å²) in [5.41, 5.74) is 5.26. The van der Waals surface area contributed by atoms with Crippen LogP contribution in [0.1, 0.15) is 26.3 Å². The smallest absolute Gasteiger partial charge is 0.0553 e. The molecule has 0 bridgehead atoms. The molecule has 2 aromatic rings. The van der Waals surface area contributed by atoms with Gasteiger partial charge in [0.1, 0.15) is 0 Å². The van der Waals surface area contributed by atoms with Crippen LogP contribution < -0.4 is 4.90 Å². The third-order valence-electron chi connectivity index (χ3n) is 3.42. The van der Waals surface area contributed by atoms with Crippen molar-refractivity contribution in [1.29, 1.82) is 0 Å². The number of allylic oxidation sites excluding steroid dienone is 1. The zero-order valence-corrected chi connectivity index (χ0v) is 13.0. The highest BCUT2D eigenvalue weighted by molar-refractivity contribution is 7.99. The van der Waals surface area contributed by atoms with E-state index in [0.717, 1.165) is 6.54 Å². The summed E-state index contributed by atoms with van der Waals surface area (Å²) in [5.74, 6) is 0. The van der Waals surface area contributed by atoms with Crippen molar-refractivity contribution in [2.45, 2.75) is 30.6 Å². The molecule has 0 fully saturated rings. The van der Waals surface area contributed by atoms with E-state index in [0.29, 0.717) is 0 Å². The van der Waals surface area contributed by atoms with Gasteiger partial charge >= 0.3 is 0 Å². The quantitative estimate of drug-likeness (QED) is 0.691. The van der Waals surface area contributed by atoms with E-state index in [2.05, 4.69) is 74.2 Å². The molecule has 1 aliphatic rings. The van der Waals surface area contributed by atoms with Crippen molar-refractivity contribution in [3.05, 3.63) is 53.6 Å². The first-order chi connectivity index (χ1) is 9.69. The van der Waals surface area contributed by atoms with Crippen LogP contribution in [0.15, 0.2) is 57.8 Å². The highest BCUT2D eigenvalue weighted by Crippen LogP contribution is 2.48. The zero-order chi connectivity index (χ0) is 14.1. The standard InChI is InChI=1S/C18H19NS/c1-4-19-15-7-5-6-8-17(15)20-18-12-14(11-13(2)3)9-10-16(18)19/h5-12H,4H2,1-3H3. The minimum Gasteiger partial charge on any atom is -0.340 e. The lowest BCUT2D eigenvalue weighted by molar-refractivity contribution is 0.979. The van der Waals surface area contributed by atoms with Crippen LogP contribution in [0.25, 0.3) is 6.08 Å². The molecule has 0 aromatic heterocycles. The second-order valence-electron chi connectivity index (χ2n) is 5.26. The lowest BCUT2D eigenvalue weighted by atomic mass is 10.1. The fourth-order valence-corrected chi connectivity index (χ4v) is 3.76. The molecule has 102 valence electrons. The third-order valence-corrected chi connectivity index (χ3v) is 4.53. The van der Waals surface area contributed by atoms with Crippen LogP contribution in [0.5, 0.6) is 0 Å². The van der Waals surface area contributed by atoms with Gasteiger partial charge in [0, 0.05) is 16.3 Å². The number of nitrogens with zero attached hydrogens (tertiary/aromatic N) is 1. The molecule has 0 saturated heterocycles. The molecule has 0 spiro atoms. The van der Waals surface area contributed by atoms with Gasteiger partial charge in [-0.3, -0.25) is 0 Å². The Morgan fingerprint density at radius 1 is 1.05 bits per heavy atom. The van der Waals surface area contributed by atoms with Crippen molar-refractivity contribution in [1.82, 2.24) is 0 Å². The Balaban J connectivity index is 2.10. The number of fused-ring (bicyclic) bond motifs is 2. The summed E-state index contributed by atoms with van der Waals surface area (Å²) < 4.78 is 0. The normalized spacial score (nSPS) is 12.7. The molecule has 0 amide bonds. The van der Waals surface area contributed by atoms with Crippen LogP contribution in [0.4, 0.5) is 11.4 Å². The second-order valence-corrected chi connectivity index (χ2v) is 6.35. The van der Waals surface area contributed by atoms with Gasteiger partial charge < -0.3 is 4.90 Å². The van der Waals surface area contributed by atoms with E-state index in [-0.39, 0.29) is 0 Å². The Hall–Kier alpha value is -1.67. The molecule has 0 saturated carbocycles. The first-order valence-corrected chi connectivity index (χ1v) is 7.84. The van der Waals surface area contributed by atoms with Crippen molar-refractivity contribution in [2.24, 2.45) is 0 Å². The van der Waals surface area contributed by atoms with Crippen molar-refractivity contribution >= 4 is 29.2 Å². The molecule has 0 atom stereocenters. The van der Waals surface area contributed by atoms with Crippen molar-refractivity contribution in [3.63, 3.8) is 0 Å². The predicted octanol–water partition coefficient (Wildman–Crippen LogP) is 5.73. The zero-order valence-electron chi connectivity index (χ0n) is 12.2. The van der Waals surface area contributed by atoms with E-state index in [9.17, 15) is 0 Å². The first-order valence-electron chi connectivity index (χ1n) is 7.02. The number of para-hydroxylation sites is 1. The summed E-state index contributed by atoms with van der Waals surface area (Å²) in [5, 5.41) is 0. The molecule has 1 heterocycles. The molecular formula is C18H19NS. The number of anilines is 2. The van der Waals surface area contributed by atoms with Crippen LogP contribution in [-0.2, 0) is 0 Å². The molecule has 20 heavy (non-hydrogen) atoms. The van der Waals surface area contributed by atoms with Gasteiger partial charge in [0.2, 0.25) is 0 Å². The second kappa shape index (κ2) is 5.37. The van der Waals surface area contributed by atoms with Gasteiger partial charge in [-0.2, -0.15) is 0 Å². The summed E-state index contributed by atoms with van der Waals surface area (Å²) in [6.07, 6.45) is 2.23. The van der Waals surface area contributed by atoms with Crippen LogP contribution >= 0.6 is 11.8 Å². The van der Waals surface area contributed by atoms with Crippen molar-refractivity contribution in [2.75, 3.05) is 11.4 Å². The summed E-state index contributed by atoms with van der Waals surface area (Å²) in [6.45, 7) is 7.48. The van der Waals surface area contributed by atoms with Crippen LogP contribution in [-0.4, -0.2) is 6.54 Å². The van der Waals surface area contributed by atoms with E-state index in [4.69, 9.17) is 0 Å². The molecule has 2 aromatic carbocycles. The molecule has 0 aliphatic carbocycles. The topological polar surface area (TPSA) is 3.24 Å². The summed E-state index contributed by atoms with van der Waals surface area (Å²) in [4.78, 5) is 5.09. The van der Waals surface area contributed by atoms with Crippen molar-refractivity contribution < 1.29 is 0 Å². The van der Waals surface area contributed by atoms with E-state index >= 15 is 0 Å². The van der Waals surface area contributed by atoms with Gasteiger partial charge in [0.25, 0.3) is 0 Å². The molecule has 1 nitrogen and oxygen atoms in total. The summed E-state index contributed by atoms with van der Waals surface area (Å²) >= 11 is 1.87. The first kappa shape index (κ1) is 13.3. The van der Waals surface area contributed by atoms with Gasteiger partial charge in [-0.15, -0.1) is 0 Å². The van der Waals surface area contributed by atoms with Crippen LogP contribution in [0, 0.1) is 0 Å². The summed E-state index contributed by atoms with van der Waals surface area (Å²) in [6, 6.07) is 15.4. The predicted molar refractivity (Wildman–Crippen MR) is 89.0 cm³/mol. The molecule has 0 unspecified atom stereocenters. The van der Waals surface area contributed by atoms with Crippen molar-refractivity contribution in [3.8, 4) is 0 Å². The Labute approximate surface area is 125 Å². The fourth-order valence-electron chi connectivity index (χ4n) is 2.61. The highest BCUT2D eigenvalue weighted by Gasteiger charge is 2.21. The van der Waals surface area contributed by atoms with Gasteiger partial charge in [-0.25, -0.2) is 0 Å². The largest absolute Gasteiger partial charge is 0.340 e. The minimum absolute atomic E-state index is 0.993. The molecule has 2 heteroatoms. The molecule has 3 rings (SSSR count). The maximum Gasteiger partial charge on any atom is 0.0553 e. The van der Waals surface area contributed by atoms with E-state index < -0.39 is 0 Å². The van der Waals surface area contributed by atoms with Gasteiger partial charge in [-0.05, 0) is 50.6 Å². The van der Waals surface area contributed by atoms with Gasteiger partial charge in [0.05, 0.1) is 11.4 Å². The SMILES string of the molecule is CCN1c2ccccc2Sc2cc(C=C(C)C)ccc21. The van der Waals surface area contributed by atoms with Crippen LogP contribution in [0.2, 0.25) is 0 Å². The molecule has 1 aliphatic heterocycles. The number of benzene rings is 2. The number of rotatable bonds is 2. The lowest BCUT2D eigenvalue weighted by Gasteiger charge is -2.32. The van der Waals surface area contributed by atoms with E-state index in [1.807, 2.05) is 11.8 Å². The monoisotopic (exact) mass is 281 g/mol. The molecule has 0 N–H and O–H groups in total. The summed E-state index contributed by atoms with van der Waals surface area (Å²) in [7, 11) is 0. The van der Waals surface area contributed by atoms with E-state index in [1.54, 1.807) is 0 Å². The average Bonchev–Trinajstić information content (AvgIpc) is 2.44. The van der Waals surface area contributed by atoms with E-state index in [1.165, 1.54) is 32.3 Å². The fraction of sp³-hybridized carbons (Fsp3) is 0.222. The number of hydrogen-bond acceptors (Lipinski definition) is 2. The van der Waals surface area contributed by atoms with Gasteiger partial charge in [0.15, 0.2) is 0 Å². The Morgan fingerprint density at radius 2 is 1.80 bits per heavy atom.